The fraction of sp³-hybridized carbons (Fsp3) is 0.333. The first kappa shape index (κ1) is 7.16. The summed E-state index contributed by atoms with van der Waals surface area (Å²) in [5.41, 5.74) is 0. The largest absolute Gasteiger partial charge is 0.314 e. The number of hydrogen-bond acceptors (Lipinski definition) is 3. The Hall–Kier alpha value is -0.950. The number of thioether (sulfide) groups is 1. The van der Waals surface area contributed by atoms with Gasteiger partial charge in [0.2, 0.25) is 5.12 Å². The molecule has 3 nitrogen and oxygen atoms in total. The zero-order valence-corrected chi connectivity index (χ0v) is 5.98. The molecule has 1 saturated heterocycles. The average Bonchev–Trinajstić information content (AvgIpc) is 2.13. The quantitative estimate of drug-likeness (QED) is 0.511. The third kappa shape index (κ3) is 1.31. The van der Waals surface area contributed by atoms with Crippen LogP contribution in [0.5, 0.6) is 0 Å². The average molecular weight is 155 g/mol. The molecule has 1 aliphatic rings. The fourth-order valence-electron chi connectivity index (χ4n) is 0.645. The molecule has 0 saturated carbocycles. The van der Waals surface area contributed by atoms with Gasteiger partial charge in [-0.15, -0.1) is 6.42 Å². The van der Waals surface area contributed by atoms with E-state index >= 15 is 0 Å². The molecule has 1 rings (SSSR count). The monoisotopic (exact) mass is 155 g/mol. The molecule has 0 aliphatic carbocycles. The summed E-state index contributed by atoms with van der Waals surface area (Å²) in [6, 6.07) is 0. The van der Waals surface area contributed by atoms with Crippen molar-refractivity contribution < 1.29 is 9.59 Å². The highest BCUT2D eigenvalue weighted by atomic mass is 32.2. The van der Waals surface area contributed by atoms with Gasteiger partial charge in [-0.05, 0) is 0 Å². The Morgan fingerprint density at radius 3 is 2.80 bits per heavy atom. The van der Waals surface area contributed by atoms with Gasteiger partial charge in [0, 0.05) is 11.8 Å². The number of terminal acetylenes is 1. The van der Waals surface area contributed by atoms with E-state index in [9.17, 15) is 9.59 Å². The lowest BCUT2D eigenvalue weighted by atomic mass is 10.5. The second-order valence-corrected chi connectivity index (χ2v) is 2.81. The standard InChI is InChI=1S/C6H5NO2S/c1-2-3-7-4-5(8)10-6(7)9/h1H,3-4H2. The molecule has 4 heteroatoms. The molecule has 52 valence electrons. The van der Waals surface area contributed by atoms with Crippen LogP contribution in [0.3, 0.4) is 0 Å². The molecule has 10 heavy (non-hydrogen) atoms. The normalized spacial score (nSPS) is 17.7. The first-order valence-electron chi connectivity index (χ1n) is 2.67. The molecular formula is C6H5NO2S. The van der Waals surface area contributed by atoms with E-state index in [-0.39, 0.29) is 23.4 Å². The zero-order chi connectivity index (χ0) is 7.56. The Balaban J connectivity index is 2.56. The van der Waals surface area contributed by atoms with Gasteiger partial charge in [-0.2, -0.15) is 0 Å². The van der Waals surface area contributed by atoms with Crippen molar-refractivity contribution in [2.45, 2.75) is 0 Å². The summed E-state index contributed by atoms with van der Waals surface area (Å²) in [7, 11) is 0. The fourth-order valence-corrected chi connectivity index (χ4v) is 1.32. The van der Waals surface area contributed by atoms with E-state index < -0.39 is 0 Å². The maximum Gasteiger partial charge on any atom is 0.290 e. The van der Waals surface area contributed by atoms with Crippen LogP contribution in [-0.2, 0) is 4.79 Å². The van der Waals surface area contributed by atoms with Crippen LogP contribution in [0.1, 0.15) is 0 Å². The highest BCUT2D eigenvalue weighted by Gasteiger charge is 2.27. The summed E-state index contributed by atoms with van der Waals surface area (Å²) in [5.74, 6) is 2.30. The predicted octanol–water partition coefficient (Wildman–Crippen LogP) is 0.315. The Morgan fingerprint density at radius 2 is 2.40 bits per heavy atom. The van der Waals surface area contributed by atoms with Crippen LogP contribution < -0.4 is 0 Å². The van der Waals surface area contributed by atoms with Crippen molar-refractivity contribution in [1.29, 1.82) is 0 Å². The number of amides is 1. The topological polar surface area (TPSA) is 37.4 Å². The van der Waals surface area contributed by atoms with Crippen molar-refractivity contribution in [3.8, 4) is 12.3 Å². The predicted molar refractivity (Wildman–Crippen MR) is 38.4 cm³/mol. The van der Waals surface area contributed by atoms with Crippen molar-refractivity contribution in [3.05, 3.63) is 0 Å². The number of rotatable bonds is 1. The van der Waals surface area contributed by atoms with Crippen LogP contribution in [-0.4, -0.2) is 28.3 Å². The van der Waals surface area contributed by atoms with Gasteiger partial charge in [0.1, 0.15) is 0 Å². The minimum absolute atomic E-state index is 0.125. The van der Waals surface area contributed by atoms with Crippen LogP contribution in [0.15, 0.2) is 0 Å². The molecule has 1 aliphatic heterocycles. The van der Waals surface area contributed by atoms with Crippen LogP contribution >= 0.6 is 11.8 Å². The third-order valence-corrected chi connectivity index (χ3v) is 1.85. The van der Waals surface area contributed by atoms with E-state index in [2.05, 4.69) is 5.92 Å². The van der Waals surface area contributed by atoms with Crippen LogP contribution in [0, 0.1) is 12.3 Å². The van der Waals surface area contributed by atoms with Gasteiger partial charge in [0.05, 0.1) is 13.1 Å². The van der Waals surface area contributed by atoms with Crippen molar-refractivity contribution in [2.75, 3.05) is 13.1 Å². The van der Waals surface area contributed by atoms with Gasteiger partial charge < -0.3 is 4.90 Å². The highest BCUT2D eigenvalue weighted by molar-refractivity contribution is 8.26. The highest BCUT2D eigenvalue weighted by Crippen LogP contribution is 2.17. The molecule has 0 radical (unpaired) electrons. The Bertz CT molecular complexity index is 218. The maximum absolute atomic E-state index is 10.7. The molecule has 0 aromatic rings. The summed E-state index contributed by atoms with van der Waals surface area (Å²) < 4.78 is 0. The lowest BCUT2D eigenvalue weighted by Crippen LogP contribution is -2.23. The van der Waals surface area contributed by atoms with Gasteiger partial charge in [-0.25, -0.2) is 0 Å². The lowest BCUT2D eigenvalue weighted by molar-refractivity contribution is -0.110. The summed E-state index contributed by atoms with van der Waals surface area (Å²) in [4.78, 5) is 22.7. The van der Waals surface area contributed by atoms with Crippen LogP contribution in [0.4, 0.5) is 4.79 Å². The van der Waals surface area contributed by atoms with E-state index in [0.29, 0.717) is 0 Å². The molecule has 0 unspecified atom stereocenters. The zero-order valence-electron chi connectivity index (χ0n) is 5.16. The van der Waals surface area contributed by atoms with Crippen molar-refractivity contribution in [1.82, 2.24) is 4.90 Å². The second kappa shape index (κ2) is 2.76. The number of nitrogens with zero attached hydrogens (tertiary/aromatic N) is 1. The number of carbonyl (C=O) groups is 2. The smallest absolute Gasteiger partial charge is 0.290 e. The molecular weight excluding hydrogens is 150 g/mol. The molecule has 1 amide bonds. The number of hydrogen-bond donors (Lipinski definition) is 0. The molecule has 1 heterocycles. The van der Waals surface area contributed by atoms with E-state index in [1.54, 1.807) is 0 Å². The van der Waals surface area contributed by atoms with Gasteiger partial charge in [0.15, 0.2) is 0 Å². The van der Waals surface area contributed by atoms with Crippen LogP contribution in [0.25, 0.3) is 0 Å². The van der Waals surface area contributed by atoms with E-state index in [1.807, 2.05) is 0 Å². The SMILES string of the molecule is C#CCN1CC(=O)SC1=O. The van der Waals surface area contributed by atoms with Crippen LogP contribution in [0.2, 0.25) is 0 Å². The molecule has 0 bridgehead atoms. The summed E-state index contributed by atoms with van der Waals surface area (Å²) in [6.45, 7) is 0.394. The minimum Gasteiger partial charge on any atom is -0.314 e. The summed E-state index contributed by atoms with van der Waals surface area (Å²) >= 11 is 0.721. The Morgan fingerprint density at radius 1 is 1.70 bits per heavy atom. The first-order chi connectivity index (χ1) is 4.74. The Kier molecular flexibility index (Phi) is 1.97. The molecule has 0 atom stereocenters. The molecule has 0 aromatic carbocycles. The van der Waals surface area contributed by atoms with E-state index in [1.165, 1.54) is 4.90 Å². The molecule has 0 spiro atoms. The van der Waals surface area contributed by atoms with E-state index in [4.69, 9.17) is 6.42 Å². The lowest BCUT2D eigenvalue weighted by Gasteiger charge is -2.06. The van der Waals surface area contributed by atoms with Gasteiger partial charge in [-0.3, -0.25) is 9.59 Å². The van der Waals surface area contributed by atoms with Gasteiger partial charge in [-0.1, -0.05) is 5.92 Å². The molecule has 1 fully saturated rings. The van der Waals surface area contributed by atoms with Gasteiger partial charge >= 0.3 is 0 Å². The van der Waals surface area contributed by atoms with Crippen molar-refractivity contribution in [3.63, 3.8) is 0 Å². The maximum atomic E-state index is 10.7. The number of carbonyl (C=O) groups excluding carboxylic acids is 2. The first-order valence-corrected chi connectivity index (χ1v) is 3.48. The third-order valence-electron chi connectivity index (χ3n) is 1.06. The second-order valence-electron chi connectivity index (χ2n) is 1.80. The van der Waals surface area contributed by atoms with Crippen molar-refractivity contribution >= 4 is 22.1 Å². The van der Waals surface area contributed by atoms with Gasteiger partial charge in [0.25, 0.3) is 5.24 Å². The Labute approximate surface area is 62.8 Å². The van der Waals surface area contributed by atoms with Crippen molar-refractivity contribution in [2.24, 2.45) is 0 Å². The molecule has 0 aromatic heterocycles. The summed E-state index contributed by atoms with van der Waals surface area (Å²) in [6.07, 6.45) is 4.95. The minimum atomic E-state index is -0.233. The summed E-state index contributed by atoms with van der Waals surface area (Å²) in [5, 5.41) is -0.358. The van der Waals surface area contributed by atoms with E-state index in [0.717, 1.165) is 11.8 Å². The molecule has 0 N–H and O–H groups in total.